The molecule has 0 saturated heterocycles. The first-order valence-electron chi connectivity index (χ1n) is 5.27. The quantitative estimate of drug-likeness (QED) is 0.473. The maximum Gasteiger partial charge on any atom is -1.00 e. The number of allylic oxidation sites excluding steroid dienone is 4. The van der Waals surface area contributed by atoms with Crippen molar-refractivity contribution >= 4 is 0 Å². The van der Waals surface area contributed by atoms with Gasteiger partial charge in [0.15, 0.2) is 0 Å². The summed E-state index contributed by atoms with van der Waals surface area (Å²) in [5, 5.41) is 0. The molecule has 1 aliphatic carbocycles. The normalized spacial score (nSPS) is 14.4. The molecule has 0 N–H and O–H groups in total. The fraction of sp³-hybridized carbons (Fsp3) is 0.286. The van der Waals surface area contributed by atoms with Crippen LogP contribution in [0, 0.1) is 13.8 Å². The zero-order valence-electron chi connectivity index (χ0n) is 10.4. The molecule has 0 heterocycles. The monoisotopic (exact) mass is 336 g/mol. The van der Waals surface area contributed by atoms with Crippen LogP contribution in [0.15, 0.2) is 42.5 Å². The third kappa shape index (κ3) is 5.51. The Morgan fingerprint density at radius 3 is 1.78 bits per heavy atom. The summed E-state index contributed by atoms with van der Waals surface area (Å²) in [6.07, 6.45) is 9.95. The Bertz CT molecular complexity index is 406. The van der Waals surface area contributed by atoms with E-state index >= 15 is 0 Å². The Hall–Kier alpha value is 0.284. The van der Waals surface area contributed by atoms with E-state index < -0.39 is 0 Å². The van der Waals surface area contributed by atoms with Crippen LogP contribution in [0.3, 0.4) is 0 Å². The molecule has 0 aromatic heterocycles. The van der Waals surface area contributed by atoms with Crippen LogP contribution in [-0.4, -0.2) is 0 Å². The van der Waals surface area contributed by atoms with Gasteiger partial charge >= 0.3 is 104 Å². The average molecular weight is 338 g/mol. The molecule has 1 aromatic carbocycles. The number of aryl methyl sites for hydroxylation is 2. The molecule has 0 radical (unpaired) electrons. The predicted molar refractivity (Wildman–Crippen MR) is 60.6 cm³/mol. The maximum atomic E-state index is 2.29. The van der Waals surface area contributed by atoms with Crippen molar-refractivity contribution in [3.8, 4) is 0 Å². The van der Waals surface area contributed by atoms with Gasteiger partial charge in [-0.2, -0.15) is 0 Å². The summed E-state index contributed by atoms with van der Waals surface area (Å²) in [4.78, 5) is 0. The minimum Gasteiger partial charge on any atom is -1.00 e. The fourth-order valence-corrected chi connectivity index (χ4v) is 2.76. The predicted octanol–water partition coefficient (Wildman–Crippen LogP) is -5.31. The molecule has 0 spiro atoms. The fourth-order valence-electron chi connectivity index (χ4n) is 2.14. The molecule has 1 aromatic rings. The van der Waals surface area contributed by atoms with E-state index in [9.17, 15) is 0 Å². The average Bonchev–Trinajstić information content (AvgIpc) is 2.49. The molecule has 0 fully saturated rings. The van der Waals surface area contributed by atoms with Gasteiger partial charge in [0.05, 0.1) is 0 Å². The van der Waals surface area contributed by atoms with Gasteiger partial charge in [0.25, 0.3) is 0 Å². The minimum atomic E-state index is 0. The van der Waals surface area contributed by atoms with Crippen LogP contribution in [0.2, 0.25) is 3.72 Å². The van der Waals surface area contributed by atoms with Crippen LogP contribution in [-0.2, 0) is 26.9 Å². The van der Waals surface area contributed by atoms with E-state index in [1.54, 1.807) is 0 Å². The van der Waals surface area contributed by atoms with E-state index in [0.717, 1.165) is 6.42 Å². The van der Waals surface area contributed by atoms with E-state index in [-0.39, 0.29) is 40.9 Å². The van der Waals surface area contributed by atoms with Gasteiger partial charge in [0.2, 0.25) is 0 Å². The van der Waals surface area contributed by atoms with E-state index in [4.69, 9.17) is 0 Å². The van der Waals surface area contributed by atoms with Crippen LogP contribution < -0.4 is 37.2 Å². The van der Waals surface area contributed by atoms with E-state index in [2.05, 4.69) is 76.8 Å². The number of rotatable bonds is 2. The van der Waals surface area contributed by atoms with Gasteiger partial charge in [-0.1, -0.05) is 0 Å². The van der Waals surface area contributed by atoms with Gasteiger partial charge in [-0.25, -0.2) is 0 Å². The third-order valence-electron chi connectivity index (χ3n) is 2.68. The molecule has 0 aliphatic heterocycles. The zero-order valence-corrected chi connectivity index (χ0v) is 14.2. The second-order valence-corrected chi connectivity index (χ2v) is 5.88. The van der Waals surface area contributed by atoms with Crippen LogP contribution in [0.25, 0.3) is 0 Å². The Morgan fingerprint density at radius 1 is 0.889 bits per heavy atom. The Kier molecular flexibility index (Phi) is 9.67. The van der Waals surface area contributed by atoms with Gasteiger partial charge in [-0.05, 0) is 0 Å². The molecule has 0 saturated carbocycles. The molecule has 1 aliphatic rings. The maximum absolute atomic E-state index is 2.29. The molecule has 96 valence electrons. The summed E-state index contributed by atoms with van der Waals surface area (Å²) >= 11 is 2.28. The van der Waals surface area contributed by atoms with E-state index in [1.165, 1.54) is 16.7 Å². The first kappa shape index (κ1) is 20.6. The zero-order chi connectivity index (χ0) is 10.9. The molecular formula is C14H15Cl3Ti. The second-order valence-electron chi connectivity index (χ2n) is 4.43. The number of benzene rings is 1. The molecule has 0 amide bonds. The van der Waals surface area contributed by atoms with E-state index in [0.29, 0.717) is 0 Å². The van der Waals surface area contributed by atoms with Gasteiger partial charge in [0.1, 0.15) is 0 Å². The van der Waals surface area contributed by atoms with Gasteiger partial charge in [-0.15, -0.1) is 0 Å². The molecule has 0 bridgehead atoms. The van der Waals surface area contributed by atoms with Crippen molar-refractivity contribution in [1.82, 2.24) is 0 Å². The summed E-state index contributed by atoms with van der Waals surface area (Å²) in [7, 11) is 0. The van der Waals surface area contributed by atoms with Crippen molar-refractivity contribution in [2.45, 2.75) is 24.0 Å². The third-order valence-corrected chi connectivity index (χ3v) is 3.47. The standard InChI is InChI=1S/C14H15.3ClH.Ti/c1-11-7-12(2)9-14(8-11)10-13-5-3-4-6-13;;;;/h3-9H,10H2,1-2H3;3*1H;/q;;;;+3/p-3. The molecule has 4 heteroatoms. The first-order valence-corrected chi connectivity index (χ1v) is 6.05. The minimum absolute atomic E-state index is 0. The summed E-state index contributed by atoms with van der Waals surface area (Å²) < 4.78 is 0.222. The molecule has 0 unspecified atom stereocenters. The summed E-state index contributed by atoms with van der Waals surface area (Å²) in [5.74, 6) is 0. The molecule has 18 heavy (non-hydrogen) atoms. The van der Waals surface area contributed by atoms with Crippen molar-refractivity contribution in [3.05, 3.63) is 59.2 Å². The van der Waals surface area contributed by atoms with Gasteiger partial charge in [-0.3, -0.25) is 0 Å². The topological polar surface area (TPSA) is 0 Å². The van der Waals surface area contributed by atoms with Crippen LogP contribution in [0.4, 0.5) is 0 Å². The molecule has 0 nitrogen and oxygen atoms in total. The Morgan fingerprint density at radius 2 is 1.33 bits per heavy atom. The van der Waals surface area contributed by atoms with E-state index in [1.807, 2.05) is 0 Å². The Labute approximate surface area is 140 Å². The van der Waals surface area contributed by atoms with Crippen LogP contribution >= 0.6 is 0 Å². The Balaban J connectivity index is 0. The van der Waals surface area contributed by atoms with Crippen molar-refractivity contribution in [1.29, 1.82) is 0 Å². The van der Waals surface area contributed by atoms with Crippen LogP contribution in [0.5, 0.6) is 0 Å². The van der Waals surface area contributed by atoms with Gasteiger partial charge < -0.3 is 37.2 Å². The van der Waals surface area contributed by atoms with Crippen molar-refractivity contribution < 1.29 is 57.7 Å². The van der Waals surface area contributed by atoms with Crippen LogP contribution in [0.1, 0.15) is 16.7 Å². The largest absolute Gasteiger partial charge is 1.00 e. The SMILES string of the molecule is Cc1cc(C)cc(C[C]2([Ti+3])C=CC=C2)c1.[Cl-].[Cl-].[Cl-]. The molecule has 0 atom stereocenters. The smallest absolute Gasteiger partial charge is 1.00 e. The second kappa shape index (κ2) is 8.45. The first-order chi connectivity index (χ1) is 7.07. The summed E-state index contributed by atoms with van der Waals surface area (Å²) in [6, 6.07) is 6.81. The molecular weight excluding hydrogens is 322 g/mol. The number of hydrogen-bond donors (Lipinski definition) is 0. The van der Waals surface area contributed by atoms with Crippen molar-refractivity contribution in [2.75, 3.05) is 0 Å². The summed E-state index contributed by atoms with van der Waals surface area (Å²) in [5.41, 5.74) is 4.16. The number of halogens is 3. The van der Waals surface area contributed by atoms with Crippen molar-refractivity contribution in [2.24, 2.45) is 0 Å². The number of hydrogen-bond acceptors (Lipinski definition) is 0. The summed E-state index contributed by atoms with van der Waals surface area (Å²) in [6.45, 7) is 4.33. The van der Waals surface area contributed by atoms with Crippen molar-refractivity contribution in [3.63, 3.8) is 0 Å². The molecule has 2 rings (SSSR count). The van der Waals surface area contributed by atoms with Gasteiger partial charge in [0, 0.05) is 0 Å².